The molecule has 0 atom stereocenters. The van der Waals surface area contributed by atoms with Crippen LogP contribution in [0.1, 0.15) is 26.7 Å². The van der Waals surface area contributed by atoms with Gasteiger partial charge >= 0.3 is 0 Å². The van der Waals surface area contributed by atoms with Crippen molar-refractivity contribution in [3.8, 4) is 17.3 Å². The SMILES string of the molecule is C=CC(=O)Nc1cc(Nc2nccc(-n3ncc4cc(OCC)ccc43)n2)c(OC)cc1N(C)CCN1CCCC1.CCOC. The van der Waals surface area contributed by atoms with Gasteiger partial charge in [0, 0.05) is 57.6 Å². The standard InChI is InChI=1S/C30H36N8O3.C3H8O/c1-5-29(39)33-23-18-24(27(40-4)19-26(23)36(3)15-16-37-13-7-8-14-37)34-30-31-12-11-28(35-30)38-25-10-9-22(41-6-2)17-21(25)20-32-38;1-3-4-2/h5,9-12,17-20H,1,6-8,13-16H2,2-4H3,(H,33,39)(H,31,34,35);3H2,1-2H3. The number of hydrogen-bond acceptors (Lipinski definition) is 10. The minimum atomic E-state index is -0.299. The van der Waals surface area contributed by atoms with Crippen LogP contribution in [-0.4, -0.2) is 91.2 Å². The first-order valence-electron chi connectivity index (χ1n) is 15.2. The Bertz CT molecular complexity index is 1570. The Hall–Kier alpha value is -4.68. The summed E-state index contributed by atoms with van der Waals surface area (Å²) >= 11 is 0. The molecular formula is C33H44N8O4. The topological polar surface area (TPSA) is 119 Å². The van der Waals surface area contributed by atoms with Crippen LogP contribution >= 0.6 is 0 Å². The molecule has 1 aliphatic heterocycles. The molecule has 1 saturated heterocycles. The smallest absolute Gasteiger partial charge is 0.247 e. The maximum absolute atomic E-state index is 12.3. The van der Waals surface area contributed by atoms with Crippen LogP contribution in [0.3, 0.4) is 0 Å². The van der Waals surface area contributed by atoms with Gasteiger partial charge in [-0.1, -0.05) is 6.58 Å². The number of anilines is 4. The first-order valence-corrected chi connectivity index (χ1v) is 15.2. The van der Waals surface area contributed by atoms with Gasteiger partial charge in [0.05, 0.1) is 42.5 Å². The lowest BCUT2D eigenvalue weighted by molar-refractivity contribution is -0.111. The van der Waals surface area contributed by atoms with Crippen LogP contribution in [0.25, 0.3) is 16.7 Å². The largest absolute Gasteiger partial charge is 0.494 e. The molecule has 2 aromatic heterocycles. The lowest BCUT2D eigenvalue weighted by Gasteiger charge is -2.26. The minimum absolute atomic E-state index is 0.299. The summed E-state index contributed by atoms with van der Waals surface area (Å²) < 4.78 is 17.7. The highest BCUT2D eigenvalue weighted by Crippen LogP contribution is 2.38. The molecule has 12 nitrogen and oxygen atoms in total. The Morgan fingerprint density at radius 3 is 2.56 bits per heavy atom. The Morgan fingerprint density at radius 1 is 1.09 bits per heavy atom. The lowest BCUT2D eigenvalue weighted by Crippen LogP contribution is -2.32. The van der Waals surface area contributed by atoms with E-state index in [0.29, 0.717) is 35.5 Å². The third-order valence-electron chi connectivity index (χ3n) is 7.37. The summed E-state index contributed by atoms with van der Waals surface area (Å²) in [7, 11) is 5.31. The van der Waals surface area contributed by atoms with Crippen LogP contribution < -0.4 is 25.0 Å². The first kappa shape index (κ1) is 33.2. The number of nitrogens with zero attached hydrogens (tertiary/aromatic N) is 6. The number of nitrogens with one attached hydrogen (secondary N) is 2. The second-order valence-corrected chi connectivity index (χ2v) is 10.4. The van der Waals surface area contributed by atoms with Crippen molar-refractivity contribution in [2.45, 2.75) is 26.7 Å². The maximum atomic E-state index is 12.3. The number of amides is 1. The average molecular weight is 617 g/mol. The van der Waals surface area contributed by atoms with E-state index in [0.717, 1.165) is 55.1 Å². The van der Waals surface area contributed by atoms with E-state index in [4.69, 9.17) is 14.5 Å². The van der Waals surface area contributed by atoms with E-state index in [2.05, 4.69) is 41.8 Å². The van der Waals surface area contributed by atoms with Crippen LogP contribution in [0.4, 0.5) is 23.0 Å². The molecule has 240 valence electrons. The quantitative estimate of drug-likeness (QED) is 0.192. The number of carbonyl (C=O) groups excluding carboxylic acids is 1. The maximum Gasteiger partial charge on any atom is 0.247 e. The van der Waals surface area contributed by atoms with E-state index in [1.165, 1.54) is 18.9 Å². The third kappa shape index (κ3) is 8.70. The summed E-state index contributed by atoms with van der Waals surface area (Å²) in [4.78, 5) is 26.0. The van der Waals surface area contributed by atoms with E-state index in [1.54, 1.807) is 37.4 Å². The molecule has 1 aliphatic rings. The molecule has 0 radical (unpaired) electrons. The number of likely N-dealkylation sites (N-methyl/N-ethyl adjacent to an activating group) is 1. The number of likely N-dealkylation sites (tertiary alicyclic amines) is 1. The second-order valence-electron chi connectivity index (χ2n) is 10.4. The van der Waals surface area contributed by atoms with Crippen LogP contribution in [0, 0.1) is 0 Å². The highest BCUT2D eigenvalue weighted by molar-refractivity contribution is 6.02. The minimum Gasteiger partial charge on any atom is -0.494 e. The Balaban J connectivity index is 0.00000109. The third-order valence-corrected chi connectivity index (χ3v) is 7.37. The number of aromatic nitrogens is 4. The fraction of sp³-hybridized carbons (Fsp3) is 0.394. The highest BCUT2D eigenvalue weighted by Gasteiger charge is 2.18. The van der Waals surface area contributed by atoms with Gasteiger partial charge in [0.1, 0.15) is 11.5 Å². The fourth-order valence-electron chi connectivity index (χ4n) is 4.95. The van der Waals surface area contributed by atoms with Crippen molar-refractivity contribution in [1.82, 2.24) is 24.6 Å². The van der Waals surface area contributed by atoms with Gasteiger partial charge in [-0.05, 0) is 70.1 Å². The molecule has 1 fully saturated rings. The van der Waals surface area contributed by atoms with Gasteiger partial charge in [-0.15, -0.1) is 0 Å². The molecule has 45 heavy (non-hydrogen) atoms. The summed E-state index contributed by atoms with van der Waals surface area (Å²) in [5.41, 5.74) is 2.96. The number of fused-ring (bicyclic) bond motifs is 1. The van der Waals surface area contributed by atoms with Gasteiger partial charge in [0.15, 0.2) is 5.82 Å². The molecule has 4 aromatic rings. The van der Waals surface area contributed by atoms with Gasteiger partial charge in [-0.2, -0.15) is 10.1 Å². The number of hydrogen-bond donors (Lipinski definition) is 2. The molecule has 5 rings (SSSR count). The van der Waals surface area contributed by atoms with Gasteiger partial charge in [0.2, 0.25) is 11.9 Å². The Kier molecular flexibility index (Phi) is 12.1. The number of benzene rings is 2. The molecule has 0 aliphatic carbocycles. The van der Waals surface area contributed by atoms with Crippen molar-refractivity contribution < 1.29 is 19.0 Å². The van der Waals surface area contributed by atoms with Crippen LogP contribution in [0.5, 0.6) is 11.5 Å². The molecular weight excluding hydrogens is 572 g/mol. The van der Waals surface area contributed by atoms with Crippen molar-refractivity contribution >= 4 is 39.8 Å². The summed E-state index contributed by atoms with van der Waals surface area (Å²) in [5, 5.41) is 11.7. The molecule has 2 N–H and O–H groups in total. The number of ether oxygens (including phenoxy) is 3. The van der Waals surface area contributed by atoms with Gasteiger partial charge in [-0.3, -0.25) is 4.79 Å². The van der Waals surface area contributed by atoms with Crippen molar-refractivity contribution in [1.29, 1.82) is 0 Å². The van der Waals surface area contributed by atoms with Crippen LogP contribution in [0.15, 0.2) is 61.4 Å². The van der Waals surface area contributed by atoms with Crippen LogP contribution in [-0.2, 0) is 9.53 Å². The van der Waals surface area contributed by atoms with Crippen molar-refractivity contribution in [3.63, 3.8) is 0 Å². The van der Waals surface area contributed by atoms with Gasteiger partial charge in [0.25, 0.3) is 0 Å². The summed E-state index contributed by atoms with van der Waals surface area (Å²) in [6, 6.07) is 11.4. The number of rotatable bonds is 13. The van der Waals surface area contributed by atoms with E-state index < -0.39 is 0 Å². The molecule has 3 heterocycles. The van der Waals surface area contributed by atoms with Gasteiger partial charge in [-0.25, -0.2) is 9.67 Å². The monoisotopic (exact) mass is 616 g/mol. The van der Waals surface area contributed by atoms with E-state index in [9.17, 15) is 4.79 Å². The zero-order chi connectivity index (χ0) is 32.2. The normalized spacial score (nSPS) is 12.7. The fourth-order valence-corrected chi connectivity index (χ4v) is 4.95. The zero-order valence-corrected chi connectivity index (χ0v) is 26.9. The van der Waals surface area contributed by atoms with E-state index >= 15 is 0 Å². The molecule has 0 unspecified atom stereocenters. The molecule has 0 bridgehead atoms. The lowest BCUT2D eigenvalue weighted by atomic mass is 10.2. The average Bonchev–Trinajstić information content (AvgIpc) is 3.74. The molecule has 0 saturated carbocycles. The van der Waals surface area contributed by atoms with Crippen molar-refractivity contribution in [2.75, 3.05) is 76.2 Å². The Labute approximate surface area is 265 Å². The summed E-state index contributed by atoms with van der Waals surface area (Å²) in [6.07, 6.45) is 7.19. The molecule has 2 aromatic carbocycles. The molecule has 1 amide bonds. The van der Waals surface area contributed by atoms with Gasteiger partial charge < -0.3 is 34.6 Å². The first-order chi connectivity index (χ1) is 21.9. The van der Waals surface area contributed by atoms with E-state index in [1.807, 2.05) is 51.2 Å². The van der Waals surface area contributed by atoms with Crippen molar-refractivity contribution in [2.24, 2.45) is 0 Å². The summed E-state index contributed by atoms with van der Waals surface area (Å²) in [6.45, 7) is 12.9. The van der Waals surface area contributed by atoms with Crippen LogP contribution in [0.2, 0.25) is 0 Å². The second kappa shape index (κ2) is 16.4. The summed E-state index contributed by atoms with van der Waals surface area (Å²) in [5.74, 6) is 2.03. The van der Waals surface area contributed by atoms with E-state index in [-0.39, 0.29) is 5.91 Å². The zero-order valence-electron chi connectivity index (χ0n) is 26.9. The number of methoxy groups -OCH3 is 2. The molecule has 12 heteroatoms. The predicted octanol–water partition coefficient (Wildman–Crippen LogP) is 5.28. The molecule has 0 spiro atoms. The predicted molar refractivity (Wildman–Crippen MR) is 179 cm³/mol. The highest BCUT2D eigenvalue weighted by atomic mass is 16.5. The Morgan fingerprint density at radius 2 is 1.87 bits per heavy atom. The van der Waals surface area contributed by atoms with Crippen molar-refractivity contribution in [3.05, 3.63) is 61.4 Å². The number of carbonyl (C=O) groups is 1.